The summed E-state index contributed by atoms with van der Waals surface area (Å²) in [6.45, 7) is 10.7. The molecule has 0 saturated carbocycles. The molecule has 0 heterocycles. The Labute approximate surface area is 121 Å². The van der Waals surface area contributed by atoms with Gasteiger partial charge < -0.3 is 10.2 Å². The van der Waals surface area contributed by atoms with Crippen molar-refractivity contribution in [2.24, 2.45) is 17.3 Å². The fourth-order valence-electron chi connectivity index (χ4n) is 1.94. The van der Waals surface area contributed by atoms with Gasteiger partial charge in [-0.2, -0.15) is 0 Å². The Hall–Kier alpha value is -0.800. The van der Waals surface area contributed by atoms with Gasteiger partial charge in [0, 0.05) is 11.6 Å². The van der Waals surface area contributed by atoms with Crippen molar-refractivity contribution < 1.29 is 15.0 Å². The van der Waals surface area contributed by atoms with Crippen LogP contribution in [0.5, 0.6) is 0 Å². The fourth-order valence-corrected chi connectivity index (χ4v) is 1.94. The van der Waals surface area contributed by atoms with Gasteiger partial charge in [0.2, 0.25) is 0 Å². The second-order valence-electron chi connectivity index (χ2n) is 5.69. The number of allylic oxidation sites excluding steroid dienone is 3. The number of aliphatic hydroxyl groups excluding tert-OH is 1. The summed E-state index contributed by atoms with van der Waals surface area (Å²) in [5.74, 6) is 0.848. The number of hydrogen-bond donors (Lipinski definition) is 2. The predicted octanol–water partition coefficient (Wildman–Crippen LogP) is 4.46. The maximum atomic E-state index is 9.41. The monoisotopic (exact) mass is 288 g/mol. The maximum absolute atomic E-state index is 9.41. The van der Waals surface area contributed by atoms with Crippen molar-refractivity contribution in [3.05, 3.63) is 23.8 Å². The van der Waals surface area contributed by atoms with E-state index in [0.717, 1.165) is 6.42 Å². The first-order valence-corrected chi connectivity index (χ1v) is 6.88. The molecule has 0 aromatic heterocycles. The van der Waals surface area contributed by atoms with Crippen LogP contribution >= 0.6 is 11.6 Å². The molecule has 2 N–H and O–H groups in total. The Bertz CT molecular complexity index is 352. The molecule has 0 spiro atoms. The number of aliphatic hydroxyl groups is 1. The SMILES string of the molecule is CC1=CCC(C=CC(C)C(C)O)C1(C)C.O=C(O)Cl. The standard InChI is InChI=1S/C14H24O.CHClO2/c1-10(12(3)15)6-8-13-9-7-11(2)14(13,4)5;2-1(3)4/h6-8,10,12-13,15H,9H2,1-5H3;(H,3,4). The Morgan fingerprint density at radius 3 is 2.32 bits per heavy atom. The second kappa shape index (κ2) is 7.71. The van der Waals surface area contributed by atoms with Crippen LogP contribution in [0.25, 0.3) is 0 Å². The number of carbonyl (C=O) groups is 1. The highest BCUT2D eigenvalue weighted by molar-refractivity contribution is 6.60. The van der Waals surface area contributed by atoms with Crippen LogP contribution in [0.3, 0.4) is 0 Å². The van der Waals surface area contributed by atoms with Crippen LogP contribution in [0.15, 0.2) is 23.8 Å². The Morgan fingerprint density at radius 2 is 2.00 bits per heavy atom. The summed E-state index contributed by atoms with van der Waals surface area (Å²) in [6.07, 6.45) is 7.66. The number of halogens is 1. The van der Waals surface area contributed by atoms with Gasteiger partial charge in [-0.15, -0.1) is 0 Å². The molecule has 1 aliphatic carbocycles. The van der Waals surface area contributed by atoms with Crippen molar-refractivity contribution in [3.63, 3.8) is 0 Å². The first-order valence-electron chi connectivity index (χ1n) is 6.51. The highest BCUT2D eigenvalue weighted by Crippen LogP contribution is 2.43. The Morgan fingerprint density at radius 1 is 1.53 bits per heavy atom. The minimum absolute atomic E-state index is 0.250. The van der Waals surface area contributed by atoms with E-state index in [0.29, 0.717) is 5.92 Å². The van der Waals surface area contributed by atoms with Crippen molar-refractivity contribution in [2.75, 3.05) is 0 Å². The summed E-state index contributed by atoms with van der Waals surface area (Å²) in [5, 5.41) is 16.6. The Balaban J connectivity index is 0.000000711. The van der Waals surface area contributed by atoms with E-state index in [1.165, 1.54) is 5.57 Å². The molecule has 3 atom stereocenters. The lowest BCUT2D eigenvalue weighted by Crippen LogP contribution is -2.19. The molecule has 110 valence electrons. The molecule has 0 aromatic rings. The summed E-state index contributed by atoms with van der Waals surface area (Å²) in [7, 11) is 0. The lowest BCUT2D eigenvalue weighted by molar-refractivity contribution is 0.156. The molecule has 19 heavy (non-hydrogen) atoms. The molecule has 3 unspecified atom stereocenters. The van der Waals surface area contributed by atoms with Crippen LogP contribution in [0.1, 0.15) is 41.0 Å². The molecule has 4 heteroatoms. The maximum Gasteiger partial charge on any atom is 0.401 e. The van der Waals surface area contributed by atoms with Gasteiger partial charge >= 0.3 is 5.43 Å². The second-order valence-corrected chi connectivity index (χ2v) is 6.01. The van der Waals surface area contributed by atoms with Crippen molar-refractivity contribution >= 4 is 17.0 Å². The molecule has 0 fully saturated rings. The molecule has 0 aliphatic heterocycles. The van der Waals surface area contributed by atoms with E-state index < -0.39 is 5.43 Å². The third-order valence-corrected chi connectivity index (χ3v) is 4.03. The van der Waals surface area contributed by atoms with Crippen LogP contribution in [-0.4, -0.2) is 21.7 Å². The zero-order valence-electron chi connectivity index (χ0n) is 12.4. The number of hydrogen-bond acceptors (Lipinski definition) is 2. The topological polar surface area (TPSA) is 57.5 Å². The average Bonchev–Trinajstić information content (AvgIpc) is 2.50. The van der Waals surface area contributed by atoms with Gasteiger partial charge in [0.15, 0.2) is 0 Å². The van der Waals surface area contributed by atoms with Crippen LogP contribution in [0.2, 0.25) is 0 Å². The van der Waals surface area contributed by atoms with E-state index in [9.17, 15) is 5.11 Å². The van der Waals surface area contributed by atoms with Crippen LogP contribution in [0, 0.1) is 17.3 Å². The molecule has 1 rings (SSSR count). The zero-order chi connectivity index (χ0) is 15.2. The molecule has 0 aromatic carbocycles. The minimum Gasteiger partial charge on any atom is -0.469 e. The molecular weight excluding hydrogens is 264 g/mol. The van der Waals surface area contributed by atoms with E-state index in [-0.39, 0.29) is 17.4 Å². The molecule has 0 saturated heterocycles. The summed E-state index contributed by atoms with van der Waals surface area (Å²) in [6, 6.07) is 0. The summed E-state index contributed by atoms with van der Waals surface area (Å²) in [5.41, 5.74) is 0.413. The molecule has 0 amide bonds. The van der Waals surface area contributed by atoms with Crippen molar-refractivity contribution in [1.29, 1.82) is 0 Å². The highest BCUT2D eigenvalue weighted by atomic mass is 35.5. The van der Waals surface area contributed by atoms with Crippen LogP contribution in [0.4, 0.5) is 4.79 Å². The van der Waals surface area contributed by atoms with Gasteiger partial charge in [-0.3, -0.25) is 0 Å². The zero-order valence-corrected chi connectivity index (χ0v) is 13.1. The van der Waals surface area contributed by atoms with Gasteiger partial charge in [-0.05, 0) is 37.5 Å². The predicted molar refractivity (Wildman–Crippen MR) is 79.5 cm³/mol. The molecule has 1 aliphatic rings. The summed E-state index contributed by atoms with van der Waals surface area (Å²) in [4.78, 5) is 8.77. The smallest absolute Gasteiger partial charge is 0.401 e. The van der Waals surface area contributed by atoms with Gasteiger partial charge in [0.05, 0.1) is 6.10 Å². The van der Waals surface area contributed by atoms with E-state index in [4.69, 9.17) is 9.90 Å². The molecular formula is C15H25ClO3. The minimum atomic E-state index is -1.36. The summed E-state index contributed by atoms with van der Waals surface area (Å²) < 4.78 is 0. The Kier molecular flexibility index (Phi) is 7.38. The van der Waals surface area contributed by atoms with Crippen LogP contribution in [-0.2, 0) is 0 Å². The lowest BCUT2D eigenvalue weighted by atomic mass is 9.77. The average molecular weight is 289 g/mol. The van der Waals surface area contributed by atoms with Crippen LogP contribution < -0.4 is 0 Å². The van der Waals surface area contributed by atoms with E-state index in [2.05, 4.69) is 57.5 Å². The number of carboxylic acid groups (broad SMARTS) is 1. The van der Waals surface area contributed by atoms with E-state index >= 15 is 0 Å². The van der Waals surface area contributed by atoms with Gasteiger partial charge in [0.1, 0.15) is 0 Å². The first-order chi connectivity index (χ1) is 8.59. The first kappa shape index (κ1) is 18.2. The quantitative estimate of drug-likeness (QED) is 0.595. The van der Waals surface area contributed by atoms with Crippen molar-refractivity contribution in [2.45, 2.75) is 47.1 Å². The van der Waals surface area contributed by atoms with Gasteiger partial charge in [-0.1, -0.05) is 44.6 Å². The number of rotatable bonds is 3. The third kappa shape index (κ3) is 6.26. The van der Waals surface area contributed by atoms with Gasteiger partial charge in [0.25, 0.3) is 0 Å². The van der Waals surface area contributed by atoms with E-state index in [1.807, 2.05) is 6.92 Å². The largest absolute Gasteiger partial charge is 0.469 e. The molecule has 3 nitrogen and oxygen atoms in total. The highest BCUT2D eigenvalue weighted by Gasteiger charge is 2.32. The molecule has 0 radical (unpaired) electrons. The lowest BCUT2D eigenvalue weighted by Gasteiger charge is -2.27. The summed E-state index contributed by atoms with van der Waals surface area (Å²) >= 11 is 4.19. The fraction of sp³-hybridized carbons (Fsp3) is 0.667. The normalized spacial score (nSPS) is 24.4. The van der Waals surface area contributed by atoms with E-state index in [1.54, 1.807) is 0 Å². The molecule has 0 bridgehead atoms. The van der Waals surface area contributed by atoms with Crippen molar-refractivity contribution in [3.8, 4) is 0 Å². The van der Waals surface area contributed by atoms with Crippen molar-refractivity contribution in [1.82, 2.24) is 0 Å². The third-order valence-electron chi connectivity index (χ3n) is 4.03. The van der Waals surface area contributed by atoms with Gasteiger partial charge in [-0.25, -0.2) is 4.79 Å².